The third-order valence-electron chi connectivity index (χ3n) is 4.37. The van der Waals surface area contributed by atoms with Crippen LogP contribution in [0.5, 0.6) is 0 Å². The van der Waals surface area contributed by atoms with Crippen molar-refractivity contribution < 1.29 is 19.8 Å². The topological polar surface area (TPSA) is 81.1 Å². The van der Waals surface area contributed by atoms with Crippen LogP contribution in [0.3, 0.4) is 0 Å². The van der Waals surface area contributed by atoms with Crippen molar-refractivity contribution >= 4 is 12.0 Å². The Morgan fingerprint density at radius 3 is 2.55 bits per heavy atom. The second-order valence-corrected chi connectivity index (χ2v) is 5.79. The van der Waals surface area contributed by atoms with E-state index in [0.29, 0.717) is 26.1 Å². The molecule has 2 aliphatic rings. The summed E-state index contributed by atoms with van der Waals surface area (Å²) in [7, 11) is 0. The van der Waals surface area contributed by atoms with Crippen molar-refractivity contribution in [1.29, 1.82) is 0 Å². The first-order valence-corrected chi connectivity index (χ1v) is 7.52. The van der Waals surface area contributed by atoms with Gasteiger partial charge in [0.1, 0.15) is 0 Å². The highest BCUT2D eigenvalue weighted by Gasteiger charge is 2.33. The lowest BCUT2D eigenvalue weighted by molar-refractivity contribution is -0.143. The van der Waals surface area contributed by atoms with E-state index in [1.807, 2.05) is 0 Å². The molecule has 0 spiro atoms. The zero-order valence-corrected chi connectivity index (χ0v) is 11.8. The van der Waals surface area contributed by atoms with Crippen molar-refractivity contribution in [2.45, 2.75) is 44.6 Å². The fourth-order valence-electron chi connectivity index (χ4n) is 3.15. The molecule has 2 saturated heterocycles. The van der Waals surface area contributed by atoms with Crippen molar-refractivity contribution in [3.8, 4) is 0 Å². The maximum atomic E-state index is 12.6. The first-order chi connectivity index (χ1) is 9.63. The highest BCUT2D eigenvalue weighted by atomic mass is 16.4. The zero-order valence-electron chi connectivity index (χ0n) is 11.8. The van der Waals surface area contributed by atoms with Gasteiger partial charge in [0.05, 0.1) is 18.6 Å². The van der Waals surface area contributed by atoms with E-state index >= 15 is 0 Å². The molecule has 2 unspecified atom stereocenters. The molecule has 2 aliphatic heterocycles. The summed E-state index contributed by atoms with van der Waals surface area (Å²) in [4.78, 5) is 27.1. The smallest absolute Gasteiger partial charge is 0.320 e. The van der Waals surface area contributed by atoms with Gasteiger partial charge in [0.15, 0.2) is 0 Å². The summed E-state index contributed by atoms with van der Waals surface area (Å²) in [6.07, 6.45) is 5.28. The molecule has 2 heterocycles. The van der Waals surface area contributed by atoms with Crippen LogP contribution in [-0.2, 0) is 4.79 Å². The van der Waals surface area contributed by atoms with E-state index < -0.39 is 11.9 Å². The highest BCUT2D eigenvalue weighted by molar-refractivity contribution is 5.77. The van der Waals surface area contributed by atoms with Crippen LogP contribution in [0.25, 0.3) is 0 Å². The van der Waals surface area contributed by atoms with Crippen molar-refractivity contribution in [3.63, 3.8) is 0 Å². The zero-order chi connectivity index (χ0) is 14.5. The van der Waals surface area contributed by atoms with Gasteiger partial charge in [-0.05, 0) is 25.7 Å². The monoisotopic (exact) mass is 284 g/mol. The molecular formula is C14H24N2O4. The molecule has 20 heavy (non-hydrogen) atoms. The van der Waals surface area contributed by atoms with Crippen LogP contribution in [0.1, 0.15) is 38.5 Å². The summed E-state index contributed by atoms with van der Waals surface area (Å²) in [6, 6.07) is -0.216. The highest BCUT2D eigenvalue weighted by Crippen LogP contribution is 2.22. The Morgan fingerprint density at radius 2 is 1.85 bits per heavy atom. The summed E-state index contributed by atoms with van der Waals surface area (Å²) in [6.45, 7) is 1.57. The molecule has 2 amide bonds. The molecule has 0 radical (unpaired) electrons. The average molecular weight is 284 g/mol. The molecule has 114 valence electrons. The number of carboxylic acid groups (broad SMARTS) is 1. The molecule has 2 atom stereocenters. The van der Waals surface area contributed by atoms with Gasteiger partial charge in [0.2, 0.25) is 0 Å². The van der Waals surface area contributed by atoms with Gasteiger partial charge in [-0.3, -0.25) is 4.79 Å². The number of urea groups is 1. The number of aliphatic hydroxyl groups excluding tert-OH is 1. The number of amides is 2. The lowest BCUT2D eigenvalue weighted by Gasteiger charge is -2.37. The quantitative estimate of drug-likeness (QED) is 0.797. The molecule has 6 heteroatoms. The molecule has 2 rings (SSSR count). The number of carbonyl (C=O) groups is 2. The van der Waals surface area contributed by atoms with Crippen molar-refractivity contribution in [3.05, 3.63) is 0 Å². The van der Waals surface area contributed by atoms with E-state index in [4.69, 9.17) is 5.11 Å². The molecule has 0 aromatic heterocycles. The van der Waals surface area contributed by atoms with Crippen LogP contribution in [0.15, 0.2) is 0 Å². The molecule has 0 saturated carbocycles. The van der Waals surface area contributed by atoms with Crippen molar-refractivity contribution in [2.24, 2.45) is 5.92 Å². The number of piperidine rings is 1. The van der Waals surface area contributed by atoms with Crippen molar-refractivity contribution in [1.82, 2.24) is 9.80 Å². The second kappa shape index (κ2) is 6.92. The van der Waals surface area contributed by atoms with Crippen LogP contribution in [0, 0.1) is 5.92 Å². The minimum absolute atomic E-state index is 0.0120. The lowest BCUT2D eigenvalue weighted by Crippen LogP contribution is -2.52. The number of hydrogen-bond acceptors (Lipinski definition) is 3. The first-order valence-electron chi connectivity index (χ1n) is 7.52. The van der Waals surface area contributed by atoms with Gasteiger partial charge < -0.3 is 20.0 Å². The van der Waals surface area contributed by atoms with Gasteiger partial charge in [-0.25, -0.2) is 4.79 Å². The van der Waals surface area contributed by atoms with Gasteiger partial charge in [0, 0.05) is 19.6 Å². The largest absolute Gasteiger partial charge is 0.481 e. The van der Waals surface area contributed by atoms with E-state index in [-0.39, 0.29) is 18.7 Å². The van der Waals surface area contributed by atoms with Gasteiger partial charge >= 0.3 is 12.0 Å². The third-order valence-corrected chi connectivity index (χ3v) is 4.37. The number of likely N-dealkylation sites (tertiary alicyclic amines) is 2. The number of carbonyl (C=O) groups excluding carboxylic acids is 1. The average Bonchev–Trinajstić information content (AvgIpc) is 2.71. The van der Waals surface area contributed by atoms with E-state index in [1.165, 1.54) is 0 Å². The Hall–Kier alpha value is -1.30. The minimum atomic E-state index is -0.822. The standard InChI is InChI=1S/C14H24N2O4/c17-10-12-6-2-1-3-8-16(12)14(20)15-7-4-5-11(9-15)13(18)19/h11-12,17H,1-10H2,(H,18,19). The molecular weight excluding hydrogens is 260 g/mol. The number of hydrogen-bond donors (Lipinski definition) is 2. The molecule has 6 nitrogen and oxygen atoms in total. The van der Waals surface area contributed by atoms with E-state index in [1.54, 1.807) is 9.80 Å². The Kier molecular flexibility index (Phi) is 5.23. The maximum absolute atomic E-state index is 12.6. The fraction of sp³-hybridized carbons (Fsp3) is 0.857. The van der Waals surface area contributed by atoms with Crippen LogP contribution in [-0.4, -0.2) is 64.3 Å². The second-order valence-electron chi connectivity index (χ2n) is 5.79. The van der Waals surface area contributed by atoms with Gasteiger partial charge in [-0.15, -0.1) is 0 Å². The summed E-state index contributed by atoms with van der Waals surface area (Å²) in [5.74, 6) is -1.27. The van der Waals surface area contributed by atoms with Crippen LogP contribution >= 0.6 is 0 Å². The number of carboxylic acids is 1. The summed E-state index contributed by atoms with van der Waals surface area (Å²) in [5.41, 5.74) is 0. The predicted molar refractivity (Wildman–Crippen MR) is 73.4 cm³/mol. The molecule has 0 aliphatic carbocycles. The fourth-order valence-corrected chi connectivity index (χ4v) is 3.15. The number of aliphatic carboxylic acids is 1. The predicted octanol–water partition coefficient (Wildman–Crippen LogP) is 1.14. The Morgan fingerprint density at radius 1 is 1.05 bits per heavy atom. The molecule has 0 aromatic carbocycles. The number of rotatable bonds is 2. The van der Waals surface area contributed by atoms with Crippen molar-refractivity contribution in [2.75, 3.05) is 26.2 Å². The number of nitrogens with zero attached hydrogens (tertiary/aromatic N) is 2. The SMILES string of the molecule is O=C(O)C1CCCN(C(=O)N2CCCCCC2CO)C1. The van der Waals surface area contributed by atoms with Crippen LogP contribution < -0.4 is 0 Å². The normalized spacial score (nSPS) is 28.1. The summed E-state index contributed by atoms with van der Waals surface area (Å²) < 4.78 is 0. The molecule has 0 bridgehead atoms. The Bertz CT molecular complexity index is 361. The molecule has 0 aromatic rings. The van der Waals surface area contributed by atoms with Gasteiger partial charge in [-0.1, -0.05) is 12.8 Å². The Balaban J connectivity index is 2.02. The summed E-state index contributed by atoms with van der Waals surface area (Å²) in [5, 5.41) is 18.6. The van der Waals surface area contributed by atoms with Gasteiger partial charge in [0.25, 0.3) is 0 Å². The minimum Gasteiger partial charge on any atom is -0.481 e. The van der Waals surface area contributed by atoms with E-state index in [2.05, 4.69) is 0 Å². The van der Waals surface area contributed by atoms with Gasteiger partial charge in [-0.2, -0.15) is 0 Å². The lowest BCUT2D eigenvalue weighted by atomic mass is 9.98. The number of aliphatic hydroxyl groups is 1. The molecule has 2 fully saturated rings. The van der Waals surface area contributed by atoms with Crippen LogP contribution in [0.4, 0.5) is 4.79 Å². The summed E-state index contributed by atoms with van der Waals surface area (Å²) >= 11 is 0. The molecule has 2 N–H and O–H groups in total. The maximum Gasteiger partial charge on any atom is 0.320 e. The first kappa shape index (κ1) is 15.1. The van der Waals surface area contributed by atoms with E-state index in [0.717, 1.165) is 32.1 Å². The Labute approximate surface area is 119 Å². The van der Waals surface area contributed by atoms with E-state index in [9.17, 15) is 14.7 Å². The van der Waals surface area contributed by atoms with Crippen LogP contribution in [0.2, 0.25) is 0 Å². The third kappa shape index (κ3) is 3.42.